The van der Waals surface area contributed by atoms with Gasteiger partial charge in [0, 0.05) is 12.8 Å². The largest absolute Gasteiger partial charge is 0.317 e. The van der Waals surface area contributed by atoms with E-state index < -0.39 is 9.84 Å². The maximum atomic E-state index is 11.0. The van der Waals surface area contributed by atoms with E-state index in [4.69, 9.17) is 0 Å². The molecule has 0 unspecified atom stereocenters. The number of hydrogen-bond donors (Lipinski definition) is 1. The van der Waals surface area contributed by atoms with Crippen molar-refractivity contribution in [2.24, 2.45) is 0 Å². The minimum Gasteiger partial charge on any atom is -0.317 e. The normalized spacial score (nSPS) is 12.2. The van der Waals surface area contributed by atoms with Crippen LogP contribution in [0.1, 0.15) is 32.6 Å². The smallest absolute Gasteiger partial charge is 0.148 e. The highest BCUT2D eigenvalue weighted by molar-refractivity contribution is 7.90. The maximum absolute atomic E-state index is 11.0. The molecule has 0 rings (SSSR count). The first-order valence-corrected chi connectivity index (χ1v) is 8.58. The Balaban J connectivity index is 3.30. The van der Waals surface area contributed by atoms with Gasteiger partial charge in [-0.05, 0) is 39.5 Å². The second-order valence-corrected chi connectivity index (χ2v) is 6.96. The molecule has 4 nitrogen and oxygen atoms in total. The van der Waals surface area contributed by atoms with E-state index in [1.807, 2.05) is 7.05 Å². The van der Waals surface area contributed by atoms with Crippen molar-refractivity contribution in [3.63, 3.8) is 0 Å². The zero-order valence-electron chi connectivity index (χ0n) is 11.5. The van der Waals surface area contributed by atoms with E-state index in [1.54, 1.807) is 0 Å². The summed E-state index contributed by atoms with van der Waals surface area (Å²) in [5, 5.41) is 3.31. The van der Waals surface area contributed by atoms with Crippen molar-refractivity contribution < 1.29 is 8.42 Å². The molecule has 0 saturated heterocycles. The Morgan fingerprint density at radius 1 is 1.06 bits per heavy atom. The molecule has 17 heavy (non-hydrogen) atoms. The summed E-state index contributed by atoms with van der Waals surface area (Å²) in [6.07, 6.45) is 6.18. The third-order valence-electron chi connectivity index (χ3n) is 2.74. The average Bonchev–Trinajstić information content (AvgIpc) is 2.24. The molecule has 0 heterocycles. The Kier molecular flexibility index (Phi) is 9.78. The SMILES string of the molecule is CCNCCCCCCN(C)CCS(C)(=O)=O. The maximum Gasteiger partial charge on any atom is 0.148 e. The van der Waals surface area contributed by atoms with E-state index in [-0.39, 0.29) is 5.75 Å². The van der Waals surface area contributed by atoms with Gasteiger partial charge in [0.1, 0.15) is 9.84 Å². The van der Waals surface area contributed by atoms with Crippen LogP contribution in [0.3, 0.4) is 0 Å². The van der Waals surface area contributed by atoms with Crippen molar-refractivity contribution in [1.29, 1.82) is 0 Å². The van der Waals surface area contributed by atoms with Gasteiger partial charge in [0.15, 0.2) is 0 Å². The molecule has 0 aromatic carbocycles. The lowest BCUT2D eigenvalue weighted by Crippen LogP contribution is -2.26. The lowest BCUT2D eigenvalue weighted by molar-refractivity contribution is 0.341. The second kappa shape index (κ2) is 9.85. The standard InChI is InChI=1S/C12H28N2O2S/c1-4-13-9-7-5-6-8-10-14(2)11-12-17(3,15)16/h13H,4-12H2,1-3H3. The zero-order valence-corrected chi connectivity index (χ0v) is 12.4. The van der Waals surface area contributed by atoms with Crippen LogP contribution >= 0.6 is 0 Å². The molecule has 1 N–H and O–H groups in total. The Bertz CT molecular complexity index is 266. The molecule has 0 aliphatic carbocycles. The number of sulfone groups is 1. The average molecular weight is 264 g/mol. The van der Waals surface area contributed by atoms with E-state index in [1.165, 1.54) is 25.5 Å². The minimum absolute atomic E-state index is 0.268. The Labute approximate surface area is 107 Å². The van der Waals surface area contributed by atoms with E-state index in [0.717, 1.165) is 26.1 Å². The summed E-state index contributed by atoms with van der Waals surface area (Å²) >= 11 is 0. The van der Waals surface area contributed by atoms with Crippen molar-refractivity contribution in [2.45, 2.75) is 32.6 Å². The Morgan fingerprint density at radius 2 is 1.71 bits per heavy atom. The van der Waals surface area contributed by atoms with Gasteiger partial charge in [-0.15, -0.1) is 0 Å². The lowest BCUT2D eigenvalue weighted by atomic mass is 10.2. The van der Waals surface area contributed by atoms with Gasteiger partial charge < -0.3 is 10.2 Å². The molecular weight excluding hydrogens is 236 g/mol. The molecule has 0 aromatic rings. The summed E-state index contributed by atoms with van der Waals surface area (Å²) < 4.78 is 22.0. The quantitative estimate of drug-likeness (QED) is 0.568. The zero-order chi connectivity index (χ0) is 13.1. The molecule has 104 valence electrons. The molecule has 0 aliphatic heterocycles. The van der Waals surface area contributed by atoms with Crippen LogP contribution in [0, 0.1) is 0 Å². The predicted molar refractivity (Wildman–Crippen MR) is 74.2 cm³/mol. The molecule has 0 fully saturated rings. The first-order chi connectivity index (χ1) is 7.95. The van der Waals surface area contributed by atoms with Crippen molar-refractivity contribution in [1.82, 2.24) is 10.2 Å². The molecule has 0 aromatic heterocycles. The topological polar surface area (TPSA) is 49.4 Å². The number of hydrogen-bond acceptors (Lipinski definition) is 4. The van der Waals surface area contributed by atoms with Gasteiger partial charge in [0.25, 0.3) is 0 Å². The van der Waals surface area contributed by atoms with E-state index >= 15 is 0 Å². The van der Waals surface area contributed by atoms with Gasteiger partial charge >= 0.3 is 0 Å². The minimum atomic E-state index is -2.81. The summed E-state index contributed by atoms with van der Waals surface area (Å²) in [6.45, 7) is 5.93. The molecule has 0 atom stereocenters. The third kappa shape index (κ3) is 13.8. The van der Waals surface area contributed by atoms with Crippen LogP contribution in [-0.4, -0.2) is 58.6 Å². The first kappa shape index (κ1) is 16.9. The van der Waals surface area contributed by atoms with E-state index in [9.17, 15) is 8.42 Å². The summed E-state index contributed by atoms with van der Waals surface area (Å²) in [4.78, 5) is 2.10. The highest BCUT2D eigenvalue weighted by Crippen LogP contribution is 2.00. The summed E-state index contributed by atoms with van der Waals surface area (Å²) in [5.41, 5.74) is 0. The fourth-order valence-corrected chi connectivity index (χ4v) is 2.24. The van der Waals surface area contributed by atoms with Gasteiger partial charge in [-0.25, -0.2) is 8.42 Å². The van der Waals surface area contributed by atoms with E-state index in [2.05, 4.69) is 17.1 Å². The fourth-order valence-electron chi connectivity index (χ4n) is 1.60. The molecule has 0 bridgehead atoms. The number of unbranched alkanes of at least 4 members (excludes halogenated alkanes) is 3. The van der Waals surface area contributed by atoms with Crippen LogP contribution in [-0.2, 0) is 9.84 Å². The highest BCUT2D eigenvalue weighted by Gasteiger charge is 2.04. The predicted octanol–water partition coefficient (Wildman–Crippen LogP) is 1.13. The van der Waals surface area contributed by atoms with Crippen LogP contribution in [0.15, 0.2) is 0 Å². The molecule has 0 radical (unpaired) electrons. The van der Waals surface area contributed by atoms with Gasteiger partial charge in [-0.2, -0.15) is 0 Å². The molecule has 0 amide bonds. The second-order valence-electron chi connectivity index (χ2n) is 4.70. The van der Waals surface area contributed by atoms with Crippen molar-refractivity contribution in [3.05, 3.63) is 0 Å². The first-order valence-electron chi connectivity index (χ1n) is 6.52. The van der Waals surface area contributed by atoms with Crippen LogP contribution in [0.2, 0.25) is 0 Å². The Hall–Kier alpha value is -0.130. The molecule has 0 aliphatic rings. The van der Waals surface area contributed by atoms with Gasteiger partial charge in [0.05, 0.1) is 5.75 Å². The van der Waals surface area contributed by atoms with Crippen molar-refractivity contribution in [3.8, 4) is 0 Å². The lowest BCUT2D eigenvalue weighted by Gasteiger charge is -2.15. The molecule has 0 saturated carbocycles. The van der Waals surface area contributed by atoms with E-state index in [0.29, 0.717) is 6.54 Å². The van der Waals surface area contributed by atoms with Gasteiger partial charge in [0.2, 0.25) is 0 Å². The number of nitrogens with zero attached hydrogens (tertiary/aromatic N) is 1. The molecule has 5 heteroatoms. The van der Waals surface area contributed by atoms with Crippen molar-refractivity contribution >= 4 is 9.84 Å². The van der Waals surface area contributed by atoms with Crippen LogP contribution in [0.25, 0.3) is 0 Å². The molecule has 0 spiro atoms. The summed E-state index contributed by atoms with van der Waals surface area (Å²) in [7, 11) is -0.825. The van der Waals surface area contributed by atoms with Crippen molar-refractivity contribution in [2.75, 3.05) is 45.2 Å². The van der Waals surface area contributed by atoms with Crippen LogP contribution in [0.5, 0.6) is 0 Å². The number of nitrogens with one attached hydrogen (secondary N) is 1. The summed E-state index contributed by atoms with van der Waals surface area (Å²) in [5.74, 6) is 0.268. The molecular formula is C12H28N2O2S. The Morgan fingerprint density at radius 3 is 2.29 bits per heavy atom. The highest BCUT2D eigenvalue weighted by atomic mass is 32.2. The van der Waals surface area contributed by atoms with Gasteiger partial charge in [-0.3, -0.25) is 0 Å². The third-order valence-corrected chi connectivity index (χ3v) is 3.66. The number of rotatable bonds is 11. The van der Waals surface area contributed by atoms with Gasteiger partial charge in [-0.1, -0.05) is 19.8 Å². The summed E-state index contributed by atoms with van der Waals surface area (Å²) in [6, 6.07) is 0. The fraction of sp³-hybridized carbons (Fsp3) is 1.00. The monoisotopic (exact) mass is 264 g/mol. The van der Waals surface area contributed by atoms with Crippen LogP contribution in [0.4, 0.5) is 0 Å². The van der Waals surface area contributed by atoms with Crippen LogP contribution < -0.4 is 5.32 Å².